The summed E-state index contributed by atoms with van der Waals surface area (Å²) in [5, 5.41) is 7.77. The third-order valence-corrected chi connectivity index (χ3v) is 5.54. The van der Waals surface area contributed by atoms with Gasteiger partial charge in [-0.1, -0.05) is 42.5 Å². The summed E-state index contributed by atoms with van der Waals surface area (Å²) >= 11 is 0. The van der Waals surface area contributed by atoms with Gasteiger partial charge in [0.1, 0.15) is 0 Å². The zero-order valence-corrected chi connectivity index (χ0v) is 20.7. The number of halogens is 1. The number of benzene rings is 2. The van der Waals surface area contributed by atoms with Crippen LogP contribution in [0.1, 0.15) is 36.5 Å². The SMILES string of the molecule is CCNC(=NCc1ccnc2ccccc12)NCCCC(=O)N1Cc2ccccc2C1.I. The predicted molar refractivity (Wildman–Crippen MR) is 140 cm³/mol. The quantitative estimate of drug-likeness (QED) is 0.203. The number of carbonyl (C=O) groups excluding carboxylic acids is 1. The van der Waals surface area contributed by atoms with Gasteiger partial charge >= 0.3 is 0 Å². The Labute approximate surface area is 206 Å². The normalized spacial score (nSPS) is 12.9. The molecule has 7 heteroatoms. The van der Waals surface area contributed by atoms with Crippen molar-refractivity contribution in [2.75, 3.05) is 13.1 Å². The molecule has 0 aliphatic carbocycles. The number of carbonyl (C=O) groups is 1. The zero-order chi connectivity index (χ0) is 21.5. The third-order valence-electron chi connectivity index (χ3n) is 5.54. The van der Waals surface area contributed by atoms with Crippen LogP contribution < -0.4 is 10.6 Å². The molecule has 1 aromatic heterocycles. The number of fused-ring (bicyclic) bond motifs is 2. The second kappa shape index (κ2) is 11.8. The monoisotopic (exact) mass is 543 g/mol. The molecule has 1 amide bonds. The number of rotatable bonds is 7. The van der Waals surface area contributed by atoms with Crippen molar-refractivity contribution in [2.24, 2.45) is 4.99 Å². The molecule has 0 radical (unpaired) electrons. The van der Waals surface area contributed by atoms with Crippen LogP contribution in [0.15, 0.2) is 65.8 Å². The molecule has 4 rings (SSSR count). The maximum atomic E-state index is 12.6. The smallest absolute Gasteiger partial charge is 0.223 e. The molecule has 2 heterocycles. The van der Waals surface area contributed by atoms with Crippen molar-refractivity contribution in [3.8, 4) is 0 Å². The molecule has 0 fully saturated rings. The van der Waals surface area contributed by atoms with Gasteiger partial charge in [-0.15, -0.1) is 24.0 Å². The highest BCUT2D eigenvalue weighted by atomic mass is 127. The number of pyridine rings is 1. The number of nitrogens with one attached hydrogen (secondary N) is 2. The van der Waals surface area contributed by atoms with Crippen molar-refractivity contribution in [3.05, 3.63) is 77.5 Å². The minimum Gasteiger partial charge on any atom is -0.357 e. The van der Waals surface area contributed by atoms with E-state index in [0.29, 0.717) is 19.5 Å². The van der Waals surface area contributed by atoms with Crippen LogP contribution in [0.5, 0.6) is 0 Å². The summed E-state index contributed by atoms with van der Waals surface area (Å²) in [6, 6.07) is 18.4. The van der Waals surface area contributed by atoms with Gasteiger partial charge in [-0.05, 0) is 42.2 Å². The van der Waals surface area contributed by atoms with Crippen molar-refractivity contribution in [2.45, 2.75) is 39.4 Å². The lowest BCUT2D eigenvalue weighted by molar-refractivity contribution is -0.131. The molecular formula is C25H30IN5O. The van der Waals surface area contributed by atoms with Crippen LogP contribution in [-0.4, -0.2) is 34.8 Å². The Morgan fingerprint density at radius 2 is 1.75 bits per heavy atom. The molecule has 2 N–H and O–H groups in total. The second-order valence-corrected chi connectivity index (χ2v) is 7.73. The lowest BCUT2D eigenvalue weighted by Crippen LogP contribution is -2.38. The fourth-order valence-corrected chi connectivity index (χ4v) is 3.91. The molecule has 0 unspecified atom stereocenters. The molecule has 0 saturated heterocycles. The fraction of sp³-hybridized carbons (Fsp3) is 0.320. The molecule has 0 saturated carbocycles. The number of nitrogens with zero attached hydrogens (tertiary/aromatic N) is 3. The molecule has 32 heavy (non-hydrogen) atoms. The van der Waals surface area contributed by atoms with Crippen molar-refractivity contribution in [1.29, 1.82) is 0 Å². The van der Waals surface area contributed by atoms with Crippen molar-refractivity contribution in [1.82, 2.24) is 20.5 Å². The van der Waals surface area contributed by atoms with Gasteiger partial charge in [0.05, 0.1) is 12.1 Å². The van der Waals surface area contributed by atoms with Crippen LogP contribution in [0.4, 0.5) is 0 Å². The molecule has 168 valence electrons. The Kier molecular flexibility index (Phi) is 8.84. The Morgan fingerprint density at radius 3 is 2.50 bits per heavy atom. The largest absolute Gasteiger partial charge is 0.357 e. The van der Waals surface area contributed by atoms with Gasteiger partial charge < -0.3 is 15.5 Å². The highest BCUT2D eigenvalue weighted by Crippen LogP contribution is 2.23. The Bertz CT molecular complexity index is 1050. The van der Waals surface area contributed by atoms with Gasteiger partial charge in [0, 0.05) is 44.2 Å². The number of hydrogen-bond acceptors (Lipinski definition) is 3. The van der Waals surface area contributed by atoms with Crippen LogP contribution in [-0.2, 0) is 24.4 Å². The topological polar surface area (TPSA) is 69.6 Å². The van der Waals surface area contributed by atoms with E-state index in [4.69, 9.17) is 4.99 Å². The maximum Gasteiger partial charge on any atom is 0.223 e. The number of aliphatic imine (C=N–C) groups is 1. The summed E-state index contributed by atoms with van der Waals surface area (Å²) < 4.78 is 0. The first kappa shape index (κ1) is 24.0. The van der Waals surface area contributed by atoms with Gasteiger partial charge in [0.2, 0.25) is 5.91 Å². The van der Waals surface area contributed by atoms with E-state index in [1.165, 1.54) is 11.1 Å². The standard InChI is InChI=1S/C25H29N5O.HI/c1-2-26-25(29-16-19-13-15-27-23-11-6-5-10-22(19)23)28-14-7-12-24(31)30-17-20-8-3-4-9-21(20)18-30;/h3-6,8-11,13,15H,2,7,12,14,16-18H2,1H3,(H2,26,28,29);1H. The highest BCUT2D eigenvalue weighted by molar-refractivity contribution is 14.0. The Balaban J connectivity index is 0.00000289. The van der Waals surface area contributed by atoms with Crippen LogP contribution in [0.25, 0.3) is 10.9 Å². The van der Waals surface area contributed by atoms with Gasteiger partial charge in [-0.3, -0.25) is 9.78 Å². The van der Waals surface area contributed by atoms with E-state index in [2.05, 4.69) is 33.8 Å². The first-order valence-electron chi connectivity index (χ1n) is 10.9. The summed E-state index contributed by atoms with van der Waals surface area (Å²) in [6.45, 7) is 5.57. The first-order chi connectivity index (χ1) is 15.2. The number of amides is 1. The average molecular weight is 543 g/mol. The van der Waals surface area contributed by atoms with Gasteiger partial charge in [-0.2, -0.15) is 0 Å². The van der Waals surface area contributed by atoms with E-state index in [-0.39, 0.29) is 29.9 Å². The lowest BCUT2D eigenvalue weighted by Gasteiger charge is -2.16. The van der Waals surface area contributed by atoms with Gasteiger partial charge in [-0.25, -0.2) is 4.99 Å². The van der Waals surface area contributed by atoms with E-state index in [0.717, 1.165) is 48.5 Å². The summed E-state index contributed by atoms with van der Waals surface area (Å²) in [6.07, 6.45) is 3.14. The summed E-state index contributed by atoms with van der Waals surface area (Å²) in [4.78, 5) is 23.6. The molecule has 6 nitrogen and oxygen atoms in total. The number of guanidine groups is 1. The van der Waals surface area contributed by atoms with Crippen molar-refractivity contribution < 1.29 is 4.79 Å². The van der Waals surface area contributed by atoms with E-state index in [9.17, 15) is 4.79 Å². The molecule has 1 aliphatic rings. The summed E-state index contributed by atoms with van der Waals surface area (Å²) in [5.74, 6) is 0.979. The Morgan fingerprint density at radius 1 is 1.03 bits per heavy atom. The molecule has 3 aromatic rings. The summed E-state index contributed by atoms with van der Waals surface area (Å²) in [5.41, 5.74) is 4.65. The molecular weight excluding hydrogens is 513 g/mol. The number of para-hydroxylation sites is 1. The Hall–Kier alpha value is -2.68. The lowest BCUT2D eigenvalue weighted by atomic mass is 10.1. The molecule has 0 spiro atoms. The van der Waals surface area contributed by atoms with E-state index in [1.54, 1.807) is 0 Å². The average Bonchev–Trinajstić information content (AvgIpc) is 3.24. The van der Waals surface area contributed by atoms with E-state index < -0.39 is 0 Å². The minimum atomic E-state index is 0. The molecule has 2 aromatic carbocycles. The van der Waals surface area contributed by atoms with Crippen molar-refractivity contribution in [3.63, 3.8) is 0 Å². The second-order valence-electron chi connectivity index (χ2n) is 7.73. The first-order valence-corrected chi connectivity index (χ1v) is 10.9. The third kappa shape index (κ3) is 5.97. The predicted octanol–water partition coefficient (Wildman–Crippen LogP) is 4.23. The molecule has 1 aliphatic heterocycles. The molecule has 0 atom stereocenters. The zero-order valence-electron chi connectivity index (χ0n) is 18.4. The van der Waals surface area contributed by atoms with Gasteiger partial charge in [0.15, 0.2) is 5.96 Å². The highest BCUT2D eigenvalue weighted by Gasteiger charge is 2.22. The van der Waals surface area contributed by atoms with Crippen LogP contribution in [0.2, 0.25) is 0 Å². The fourth-order valence-electron chi connectivity index (χ4n) is 3.91. The number of hydrogen-bond donors (Lipinski definition) is 2. The minimum absolute atomic E-state index is 0. The van der Waals surface area contributed by atoms with Crippen LogP contribution in [0, 0.1) is 0 Å². The van der Waals surface area contributed by atoms with E-state index in [1.807, 2.05) is 54.4 Å². The summed E-state index contributed by atoms with van der Waals surface area (Å²) in [7, 11) is 0. The van der Waals surface area contributed by atoms with Crippen LogP contribution >= 0.6 is 24.0 Å². The molecule has 0 bridgehead atoms. The maximum absolute atomic E-state index is 12.6. The van der Waals surface area contributed by atoms with E-state index >= 15 is 0 Å². The van der Waals surface area contributed by atoms with Crippen molar-refractivity contribution >= 4 is 46.7 Å². The van der Waals surface area contributed by atoms with Gasteiger partial charge in [0.25, 0.3) is 0 Å². The number of aromatic nitrogens is 1. The van der Waals surface area contributed by atoms with Crippen LogP contribution in [0.3, 0.4) is 0 Å².